The monoisotopic (exact) mass is 422 g/mol. The summed E-state index contributed by atoms with van der Waals surface area (Å²) >= 11 is 5.96. The second-order valence-electron chi connectivity index (χ2n) is 7.97. The molecule has 0 bridgehead atoms. The standard InChI is InChI=1S/C20H23ClN2O4S/c1-20(2,3)27-19(24)23-11-14(12-23)17-8-5-13(10-22-17)16-7-6-15(21)9-18(16)28(4,25)26/h5-10,14H,11-12H2,1-4H3. The summed E-state index contributed by atoms with van der Waals surface area (Å²) in [5.41, 5.74) is 1.61. The van der Waals surface area contributed by atoms with E-state index in [2.05, 4.69) is 4.98 Å². The van der Waals surface area contributed by atoms with Crippen molar-refractivity contribution in [1.29, 1.82) is 0 Å². The highest BCUT2D eigenvalue weighted by Gasteiger charge is 2.35. The zero-order valence-electron chi connectivity index (χ0n) is 16.3. The number of benzene rings is 1. The number of pyridine rings is 1. The molecule has 0 radical (unpaired) electrons. The Bertz CT molecular complexity index is 992. The lowest BCUT2D eigenvalue weighted by Crippen LogP contribution is -2.50. The minimum Gasteiger partial charge on any atom is -0.444 e. The quantitative estimate of drug-likeness (QED) is 0.742. The van der Waals surface area contributed by atoms with Gasteiger partial charge in [0, 0.05) is 53.3 Å². The van der Waals surface area contributed by atoms with Crippen LogP contribution in [0.4, 0.5) is 4.79 Å². The Balaban J connectivity index is 1.74. The Morgan fingerprint density at radius 2 is 1.89 bits per heavy atom. The van der Waals surface area contributed by atoms with Crippen LogP contribution >= 0.6 is 11.6 Å². The van der Waals surface area contributed by atoms with Gasteiger partial charge in [-0.1, -0.05) is 23.7 Å². The molecule has 0 spiro atoms. The molecule has 1 aliphatic heterocycles. The molecule has 1 saturated heterocycles. The number of carbonyl (C=O) groups excluding carboxylic acids is 1. The molecule has 0 saturated carbocycles. The second-order valence-corrected chi connectivity index (χ2v) is 10.4. The molecule has 1 amide bonds. The maximum atomic E-state index is 12.1. The molecule has 8 heteroatoms. The summed E-state index contributed by atoms with van der Waals surface area (Å²) in [6, 6.07) is 8.50. The van der Waals surface area contributed by atoms with E-state index < -0.39 is 15.4 Å². The van der Waals surface area contributed by atoms with E-state index in [1.807, 2.05) is 32.9 Å². The predicted molar refractivity (Wildman–Crippen MR) is 108 cm³/mol. The third kappa shape index (κ3) is 4.64. The average molecular weight is 423 g/mol. The number of hydrogen-bond donors (Lipinski definition) is 0. The molecule has 0 aliphatic carbocycles. The highest BCUT2D eigenvalue weighted by atomic mass is 35.5. The zero-order valence-corrected chi connectivity index (χ0v) is 17.8. The number of rotatable bonds is 3. The van der Waals surface area contributed by atoms with E-state index in [4.69, 9.17) is 16.3 Å². The highest BCUT2D eigenvalue weighted by molar-refractivity contribution is 7.90. The molecule has 1 aromatic carbocycles. The summed E-state index contributed by atoms with van der Waals surface area (Å²) in [6.45, 7) is 6.62. The SMILES string of the molecule is CC(C)(C)OC(=O)N1CC(c2ccc(-c3ccc(Cl)cc3S(C)(=O)=O)cn2)C1. The lowest BCUT2D eigenvalue weighted by atomic mass is 9.95. The fourth-order valence-corrected chi connectivity index (χ4v) is 4.15. The van der Waals surface area contributed by atoms with E-state index in [9.17, 15) is 13.2 Å². The molecule has 150 valence electrons. The van der Waals surface area contributed by atoms with Gasteiger partial charge in [-0.25, -0.2) is 13.2 Å². The van der Waals surface area contributed by atoms with Gasteiger partial charge in [0.15, 0.2) is 9.84 Å². The van der Waals surface area contributed by atoms with Crippen LogP contribution in [0.1, 0.15) is 32.4 Å². The third-order valence-corrected chi connectivity index (χ3v) is 5.76. The number of likely N-dealkylation sites (tertiary alicyclic amines) is 1. The van der Waals surface area contributed by atoms with Gasteiger partial charge in [0.05, 0.1) is 4.90 Å². The summed E-state index contributed by atoms with van der Waals surface area (Å²) < 4.78 is 29.5. The van der Waals surface area contributed by atoms with Crippen LogP contribution in [0.3, 0.4) is 0 Å². The normalized spacial score (nSPS) is 15.2. The van der Waals surface area contributed by atoms with E-state index >= 15 is 0 Å². The lowest BCUT2D eigenvalue weighted by Gasteiger charge is -2.39. The Morgan fingerprint density at radius 3 is 2.43 bits per heavy atom. The molecule has 1 aliphatic rings. The summed E-state index contributed by atoms with van der Waals surface area (Å²) in [7, 11) is -3.43. The van der Waals surface area contributed by atoms with E-state index in [0.29, 0.717) is 29.2 Å². The van der Waals surface area contributed by atoms with Gasteiger partial charge in [-0.2, -0.15) is 0 Å². The minimum absolute atomic E-state index is 0.140. The van der Waals surface area contributed by atoms with Crippen molar-refractivity contribution in [2.75, 3.05) is 19.3 Å². The molecule has 0 unspecified atom stereocenters. The van der Waals surface area contributed by atoms with Crippen LogP contribution in [0.15, 0.2) is 41.4 Å². The summed E-state index contributed by atoms with van der Waals surface area (Å²) in [4.78, 5) is 18.3. The molecule has 0 atom stereocenters. The highest BCUT2D eigenvalue weighted by Crippen LogP contribution is 2.32. The maximum absolute atomic E-state index is 12.1. The van der Waals surface area contributed by atoms with Crippen molar-refractivity contribution in [3.8, 4) is 11.1 Å². The number of carbonyl (C=O) groups is 1. The maximum Gasteiger partial charge on any atom is 0.410 e. The van der Waals surface area contributed by atoms with Gasteiger partial charge >= 0.3 is 6.09 Å². The van der Waals surface area contributed by atoms with E-state index in [1.54, 1.807) is 23.2 Å². The molecule has 3 rings (SSSR count). The summed E-state index contributed by atoms with van der Waals surface area (Å²) in [6.07, 6.45) is 2.49. The number of halogens is 1. The van der Waals surface area contributed by atoms with Crippen LogP contribution in [-0.2, 0) is 14.6 Å². The van der Waals surface area contributed by atoms with Crippen molar-refractivity contribution in [3.05, 3.63) is 47.2 Å². The van der Waals surface area contributed by atoms with Gasteiger partial charge in [-0.05, 0) is 39.0 Å². The lowest BCUT2D eigenvalue weighted by molar-refractivity contribution is 0.00787. The first-order valence-electron chi connectivity index (χ1n) is 8.88. The number of hydrogen-bond acceptors (Lipinski definition) is 5. The van der Waals surface area contributed by atoms with Crippen LogP contribution in [-0.4, -0.2) is 49.3 Å². The molecule has 1 aromatic heterocycles. The summed E-state index contributed by atoms with van der Waals surface area (Å²) in [5.74, 6) is 0.140. The third-order valence-electron chi connectivity index (χ3n) is 4.39. The Labute approximate surface area is 170 Å². The van der Waals surface area contributed by atoms with Gasteiger partial charge in [0.1, 0.15) is 5.60 Å². The van der Waals surface area contributed by atoms with E-state index in [0.717, 1.165) is 11.9 Å². The predicted octanol–water partition coefficient (Wildman–Crippen LogP) is 4.14. The van der Waals surface area contributed by atoms with Crippen molar-refractivity contribution in [3.63, 3.8) is 0 Å². The molecule has 2 heterocycles. The second kappa shape index (κ2) is 7.37. The van der Waals surface area contributed by atoms with Gasteiger partial charge in [0.25, 0.3) is 0 Å². The van der Waals surface area contributed by atoms with E-state index in [-0.39, 0.29) is 16.9 Å². The van der Waals surface area contributed by atoms with Crippen LogP contribution in [0.2, 0.25) is 5.02 Å². The van der Waals surface area contributed by atoms with Crippen molar-refractivity contribution in [2.24, 2.45) is 0 Å². The minimum atomic E-state index is -3.43. The first-order chi connectivity index (χ1) is 12.9. The van der Waals surface area contributed by atoms with Gasteiger partial charge in [-0.15, -0.1) is 0 Å². The molecule has 28 heavy (non-hydrogen) atoms. The number of ether oxygens (including phenoxy) is 1. The van der Waals surface area contributed by atoms with Crippen LogP contribution in [0, 0.1) is 0 Å². The van der Waals surface area contributed by atoms with Gasteiger partial charge < -0.3 is 9.64 Å². The number of aromatic nitrogens is 1. The number of amides is 1. The molecule has 2 aromatic rings. The Morgan fingerprint density at radius 1 is 1.21 bits per heavy atom. The number of nitrogens with zero attached hydrogens (tertiary/aromatic N) is 2. The first-order valence-corrected chi connectivity index (χ1v) is 11.1. The Kier molecular flexibility index (Phi) is 5.42. The van der Waals surface area contributed by atoms with Crippen molar-refractivity contribution in [1.82, 2.24) is 9.88 Å². The smallest absolute Gasteiger partial charge is 0.410 e. The average Bonchev–Trinajstić information content (AvgIpc) is 2.51. The van der Waals surface area contributed by atoms with Crippen LogP contribution < -0.4 is 0 Å². The van der Waals surface area contributed by atoms with E-state index in [1.165, 1.54) is 6.07 Å². The van der Waals surface area contributed by atoms with Gasteiger partial charge in [-0.3, -0.25) is 4.98 Å². The zero-order chi connectivity index (χ0) is 20.7. The molecular weight excluding hydrogens is 400 g/mol. The van der Waals surface area contributed by atoms with Crippen LogP contribution in [0.5, 0.6) is 0 Å². The first kappa shape index (κ1) is 20.6. The van der Waals surface area contributed by atoms with Gasteiger partial charge in [0.2, 0.25) is 0 Å². The molecule has 1 fully saturated rings. The number of sulfone groups is 1. The molecule has 0 N–H and O–H groups in total. The topological polar surface area (TPSA) is 76.6 Å². The van der Waals surface area contributed by atoms with Crippen molar-refractivity contribution in [2.45, 2.75) is 37.2 Å². The molecular formula is C20H23ClN2O4S. The van der Waals surface area contributed by atoms with Crippen LogP contribution in [0.25, 0.3) is 11.1 Å². The van der Waals surface area contributed by atoms with Crippen molar-refractivity contribution >= 4 is 27.5 Å². The molecule has 6 nitrogen and oxygen atoms in total. The largest absolute Gasteiger partial charge is 0.444 e. The fraction of sp³-hybridized carbons (Fsp3) is 0.400. The fourth-order valence-electron chi connectivity index (χ4n) is 2.99. The van der Waals surface area contributed by atoms with Crippen molar-refractivity contribution < 1.29 is 17.9 Å². The Hall–Kier alpha value is -2.12. The summed E-state index contributed by atoms with van der Waals surface area (Å²) in [5, 5.41) is 0.366.